The summed E-state index contributed by atoms with van der Waals surface area (Å²) in [5, 5.41) is -0.0145. The number of hydrogen-bond donors (Lipinski definition) is 2. The smallest absolute Gasteiger partial charge is 0.281 e. The Balaban J connectivity index is 1.82. The van der Waals surface area contributed by atoms with E-state index in [1.54, 1.807) is 23.1 Å². The van der Waals surface area contributed by atoms with Crippen LogP contribution in [0.3, 0.4) is 0 Å². The first-order chi connectivity index (χ1) is 12.5. The van der Waals surface area contributed by atoms with E-state index < -0.39 is 5.91 Å². The van der Waals surface area contributed by atoms with Crippen LogP contribution in [0, 0.1) is 0 Å². The molecule has 0 unspecified atom stereocenters. The number of ether oxygens (including phenoxy) is 2. The maximum atomic E-state index is 12.2. The molecule has 0 aromatic heterocycles. The minimum Gasteiger partial charge on any atom is -0.493 e. The Kier molecular flexibility index (Phi) is 7.58. The Morgan fingerprint density at radius 3 is 2.73 bits per heavy atom. The van der Waals surface area contributed by atoms with Gasteiger partial charge in [0.1, 0.15) is 0 Å². The Morgan fingerprint density at radius 1 is 1.27 bits per heavy atom. The van der Waals surface area contributed by atoms with Gasteiger partial charge in [0.15, 0.2) is 11.5 Å². The van der Waals surface area contributed by atoms with E-state index in [-0.39, 0.29) is 17.6 Å². The summed E-state index contributed by atoms with van der Waals surface area (Å²) in [5.41, 5.74) is 5.04. The number of methoxy groups -OCH3 is 1. The predicted molar refractivity (Wildman–Crippen MR) is 98.4 cm³/mol. The number of hydrogen-bond acceptors (Lipinski definition) is 6. The molecule has 1 heterocycles. The molecule has 26 heavy (non-hydrogen) atoms. The fourth-order valence-corrected chi connectivity index (χ4v) is 3.12. The van der Waals surface area contributed by atoms with Gasteiger partial charge in [0.2, 0.25) is 5.91 Å². The Hall–Kier alpha value is -2.42. The molecule has 2 rings (SSSR count). The summed E-state index contributed by atoms with van der Waals surface area (Å²) in [6.45, 7) is 3.53. The molecule has 0 saturated carbocycles. The fraction of sp³-hybridized carbons (Fsp3) is 0.471. The molecule has 8 nitrogen and oxygen atoms in total. The van der Waals surface area contributed by atoms with Gasteiger partial charge in [-0.2, -0.15) is 0 Å². The van der Waals surface area contributed by atoms with E-state index in [0.29, 0.717) is 36.8 Å². The molecule has 0 atom stereocenters. The van der Waals surface area contributed by atoms with Crippen molar-refractivity contribution in [2.24, 2.45) is 0 Å². The third-order valence-corrected chi connectivity index (χ3v) is 4.55. The number of carbonyl (C=O) groups excluding carboxylic acids is 3. The lowest BCUT2D eigenvalue weighted by molar-refractivity contribution is -0.122. The molecule has 1 saturated heterocycles. The highest BCUT2D eigenvalue weighted by atomic mass is 32.2. The van der Waals surface area contributed by atoms with Gasteiger partial charge in [0, 0.05) is 30.8 Å². The first-order valence-electron chi connectivity index (χ1n) is 8.37. The van der Waals surface area contributed by atoms with Crippen molar-refractivity contribution in [1.29, 1.82) is 0 Å². The van der Waals surface area contributed by atoms with Crippen LogP contribution in [0.5, 0.6) is 11.5 Å². The van der Waals surface area contributed by atoms with Crippen LogP contribution in [0.1, 0.15) is 30.1 Å². The molecular weight excluding hydrogens is 358 g/mol. The minimum atomic E-state index is -0.466. The van der Waals surface area contributed by atoms with Crippen molar-refractivity contribution < 1.29 is 23.9 Å². The molecule has 142 valence electrons. The van der Waals surface area contributed by atoms with Gasteiger partial charge in [-0.3, -0.25) is 25.2 Å². The van der Waals surface area contributed by atoms with Gasteiger partial charge in [-0.05, 0) is 24.6 Å². The lowest BCUT2D eigenvalue weighted by Crippen LogP contribution is -2.42. The summed E-state index contributed by atoms with van der Waals surface area (Å²) in [4.78, 5) is 37.1. The molecule has 3 amide bonds. The maximum Gasteiger partial charge on any atom is 0.281 e. The number of hydrazine groups is 1. The molecule has 1 fully saturated rings. The number of benzene rings is 1. The van der Waals surface area contributed by atoms with Gasteiger partial charge in [0.05, 0.1) is 13.7 Å². The number of rotatable bonds is 8. The number of nitrogens with zero attached hydrogens (tertiary/aromatic N) is 1. The Bertz CT molecular complexity index is 668. The van der Waals surface area contributed by atoms with Gasteiger partial charge in [-0.1, -0.05) is 18.7 Å². The van der Waals surface area contributed by atoms with E-state index >= 15 is 0 Å². The molecule has 0 aliphatic carbocycles. The molecule has 2 N–H and O–H groups in total. The van der Waals surface area contributed by atoms with Crippen molar-refractivity contribution in [2.75, 3.05) is 32.6 Å². The fourth-order valence-electron chi connectivity index (χ4n) is 2.27. The molecule has 9 heteroatoms. The van der Waals surface area contributed by atoms with Crippen LogP contribution < -0.4 is 20.3 Å². The van der Waals surface area contributed by atoms with Crippen LogP contribution in [0.2, 0.25) is 0 Å². The predicted octanol–water partition coefficient (Wildman–Crippen LogP) is 1.80. The summed E-state index contributed by atoms with van der Waals surface area (Å²) in [6, 6.07) is 4.80. The van der Waals surface area contributed by atoms with Gasteiger partial charge in [-0.25, -0.2) is 0 Å². The molecule has 1 aliphatic rings. The van der Waals surface area contributed by atoms with Crippen LogP contribution in [0.25, 0.3) is 0 Å². The molecular formula is C17H23N3O5S. The molecule has 0 radical (unpaired) electrons. The van der Waals surface area contributed by atoms with Gasteiger partial charge < -0.3 is 14.4 Å². The molecule has 0 spiro atoms. The number of amides is 3. The number of carbonyl (C=O) groups is 3. The second-order valence-electron chi connectivity index (χ2n) is 5.57. The molecule has 1 aliphatic heterocycles. The van der Waals surface area contributed by atoms with Crippen molar-refractivity contribution >= 4 is 28.8 Å². The lowest BCUT2D eigenvalue weighted by Gasteiger charge is -2.14. The largest absolute Gasteiger partial charge is 0.493 e. The zero-order chi connectivity index (χ0) is 18.9. The van der Waals surface area contributed by atoms with Crippen molar-refractivity contribution in [3.05, 3.63) is 23.8 Å². The van der Waals surface area contributed by atoms with Crippen LogP contribution in [-0.2, 0) is 4.79 Å². The molecule has 1 aromatic rings. The second kappa shape index (κ2) is 9.91. The molecule has 1 aromatic carbocycles. The van der Waals surface area contributed by atoms with Crippen LogP contribution in [0.4, 0.5) is 4.79 Å². The monoisotopic (exact) mass is 381 g/mol. The zero-order valence-electron chi connectivity index (χ0n) is 14.9. The number of nitrogens with one attached hydrogen (secondary N) is 2. The quantitative estimate of drug-likeness (QED) is 0.667. The van der Waals surface area contributed by atoms with E-state index in [1.165, 1.54) is 18.9 Å². The zero-order valence-corrected chi connectivity index (χ0v) is 15.7. The third kappa shape index (κ3) is 5.55. The highest BCUT2D eigenvalue weighted by Crippen LogP contribution is 2.28. The average Bonchev–Trinajstić information content (AvgIpc) is 3.07. The first-order valence-corrected chi connectivity index (χ1v) is 9.35. The second-order valence-corrected chi connectivity index (χ2v) is 6.61. The van der Waals surface area contributed by atoms with Crippen LogP contribution >= 0.6 is 11.8 Å². The SMILES string of the molecule is CCCOc1ccc(C(=O)NNC(=O)CCN2CCSC2=O)cc1OC. The summed E-state index contributed by atoms with van der Waals surface area (Å²) in [7, 11) is 1.50. The van der Waals surface area contributed by atoms with Gasteiger partial charge in [-0.15, -0.1) is 0 Å². The normalized spacial score (nSPS) is 13.5. The van der Waals surface area contributed by atoms with Crippen molar-refractivity contribution in [3.63, 3.8) is 0 Å². The number of thioether (sulfide) groups is 1. The summed E-state index contributed by atoms with van der Waals surface area (Å²) >= 11 is 1.25. The van der Waals surface area contributed by atoms with E-state index in [0.717, 1.165) is 12.2 Å². The summed E-state index contributed by atoms with van der Waals surface area (Å²) < 4.78 is 10.8. The minimum absolute atomic E-state index is 0.0145. The Morgan fingerprint density at radius 2 is 2.08 bits per heavy atom. The Labute approximate surface area is 156 Å². The standard InChI is InChI=1S/C17H23N3O5S/c1-3-9-25-13-5-4-12(11-14(13)24-2)16(22)19-18-15(21)6-7-20-8-10-26-17(20)23/h4-5,11H,3,6-10H2,1-2H3,(H,18,21)(H,19,22). The van der Waals surface area contributed by atoms with E-state index in [1.807, 2.05) is 6.92 Å². The van der Waals surface area contributed by atoms with Crippen LogP contribution in [-0.4, -0.2) is 54.5 Å². The summed E-state index contributed by atoms with van der Waals surface area (Å²) in [6.07, 6.45) is 0.985. The van der Waals surface area contributed by atoms with E-state index in [4.69, 9.17) is 9.47 Å². The topological polar surface area (TPSA) is 97.0 Å². The van der Waals surface area contributed by atoms with E-state index in [9.17, 15) is 14.4 Å². The van der Waals surface area contributed by atoms with Crippen molar-refractivity contribution in [3.8, 4) is 11.5 Å². The maximum absolute atomic E-state index is 12.2. The van der Waals surface area contributed by atoms with Gasteiger partial charge in [0.25, 0.3) is 11.1 Å². The van der Waals surface area contributed by atoms with Gasteiger partial charge >= 0.3 is 0 Å². The molecule has 0 bridgehead atoms. The lowest BCUT2D eigenvalue weighted by atomic mass is 10.2. The highest BCUT2D eigenvalue weighted by Gasteiger charge is 2.21. The van der Waals surface area contributed by atoms with E-state index in [2.05, 4.69) is 10.9 Å². The summed E-state index contributed by atoms with van der Waals surface area (Å²) in [5.74, 6) is 0.923. The van der Waals surface area contributed by atoms with Crippen molar-refractivity contribution in [2.45, 2.75) is 19.8 Å². The highest BCUT2D eigenvalue weighted by molar-refractivity contribution is 8.13. The average molecular weight is 381 g/mol. The van der Waals surface area contributed by atoms with Crippen molar-refractivity contribution in [1.82, 2.24) is 15.8 Å². The van der Waals surface area contributed by atoms with Crippen LogP contribution in [0.15, 0.2) is 18.2 Å². The first kappa shape index (κ1) is 19.9. The third-order valence-electron chi connectivity index (χ3n) is 3.66.